The second-order valence-corrected chi connectivity index (χ2v) is 5.76. The standard InChI is InChI=1S/C13H7ClFN3S/c14-13(4-2-1-3-8(13)5-16)12-18-11-9(15)6-17-7-10(11)19-12/h1-4,6-8H. The summed E-state index contributed by atoms with van der Waals surface area (Å²) in [6.07, 6.45) is 9.62. The van der Waals surface area contributed by atoms with Crippen molar-refractivity contribution in [2.45, 2.75) is 4.87 Å². The van der Waals surface area contributed by atoms with Crippen LogP contribution in [0.1, 0.15) is 5.01 Å². The number of aromatic nitrogens is 2. The first kappa shape index (κ1) is 12.3. The molecule has 6 heteroatoms. The Kier molecular flexibility index (Phi) is 2.85. The fourth-order valence-corrected chi connectivity index (χ4v) is 3.34. The summed E-state index contributed by atoms with van der Waals surface area (Å²) < 4.78 is 14.2. The van der Waals surface area contributed by atoms with Crippen LogP contribution in [0.15, 0.2) is 36.7 Å². The van der Waals surface area contributed by atoms with Crippen molar-refractivity contribution in [2.75, 3.05) is 0 Å². The van der Waals surface area contributed by atoms with E-state index in [1.54, 1.807) is 30.5 Å². The van der Waals surface area contributed by atoms with Crippen molar-refractivity contribution in [3.63, 3.8) is 0 Å². The first-order valence-corrected chi connectivity index (χ1v) is 6.69. The summed E-state index contributed by atoms with van der Waals surface area (Å²) >= 11 is 7.79. The topological polar surface area (TPSA) is 49.6 Å². The van der Waals surface area contributed by atoms with Gasteiger partial charge in [0, 0.05) is 6.20 Å². The molecule has 0 amide bonds. The fraction of sp³-hybridized carbons (Fsp3) is 0.154. The maximum Gasteiger partial charge on any atom is 0.168 e. The number of hydrogen-bond acceptors (Lipinski definition) is 4. The lowest BCUT2D eigenvalue weighted by Gasteiger charge is -2.25. The second kappa shape index (κ2) is 4.41. The second-order valence-electron chi connectivity index (χ2n) is 4.11. The number of alkyl halides is 1. The maximum absolute atomic E-state index is 13.6. The van der Waals surface area contributed by atoms with E-state index in [0.717, 1.165) is 6.20 Å². The third kappa shape index (κ3) is 1.84. The van der Waals surface area contributed by atoms with Gasteiger partial charge in [0.2, 0.25) is 0 Å². The zero-order valence-electron chi connectivity index (χ0n) is 9.55. The number of rotatable bonds is 1. The number of hydrogen-bond donors (Lipinski definition) is 0. The lowest BCUT2D eigenvalue weighted by Crippen LogP contribution is -2.26. The Balaban J connectivity index is 2.19. The van der Waals surface area contributed by atoms with Gasteiger partial charge >= 0.3 is 0 Å². The molecule has 1 aliphatic rings. The highest BCUT2D eigenvalue weighted by Crippen LogP contribution is 2.44. The predicted molar refractivity (Wildman–Crippen MR) is 72.3 cm³/mol. The molecule has 0 aromatic carbocycles. The minimum absolute atomic E-state index is 0.245. The molecule has 2 atom stereocenters. The molecule has 0 saturated carbocycles. The highest BCUT2D eigenvalue weighted by molar-refractivity contribution is 7.19. The minimum atomic E-state index is -1.04. The van der Waals surface area contributed by atoms with E-state index in [-0.39, 0.29) is 5.52 Å². The summed E-state index contributed by atoms with van der Waals surface area (Å²) in [5.74, 6) is -1.01. The highest BCUT2D eigenvalue weighted by Gasteiger charge is 2.39. The third-order valence-corrected chi connectivity index (χ3v) is 4.73. The van der Waals surface area contributed by atoms with E-state index in [4.69, 9.17) is 11.6 Å². The van der Waals surface area contributed by atoms with E-state index in [2.05, 4.69) is 16.0 Å². The van der Waals surface area contributed by atoms with Gasteiger partial charge in [-0.3, -0.25) is 4.98 Å². The SMILES string of the molecule is N#CC1C=CC=CC1(Cl)c1nc2c(F)cncc2s1. The van der Waals surface area contributed by atoms with Crippen molar-refractivity contribution in [1.29, 1.82) is 5.26 Å². The molecular formula is C13H7ClFN3S. The molecule has 1 aliphatic carbocycles. The van der Waals surface area contributed by atoms with Gasteiger partial charge in [-0.1, -0.05) is 24.3 Å². The Morgan fingerprint density at radius 1 is 1.42 bits per heavy atom. The van der Waals surface area contributed by atoms with E-state index in [9.17, 15) is 9.65 Å². The van der Waals surface area contributed by atoms with Crippen molar-refractivity contribution in [3.8, 4) is 6.07 Å². The number of fused-ring (bicyclic) bond motifs is 1. The summed E-state index contributed by atoms with van der Waals surface area (Å²) in [5, 5.41) is 9.69. The molecule has 94 valence electrons. The Morgan fingerprint density at radius 3 is 3.00 bits per heavy atom. The third-order valence-electron chi connectivity index (χ3n) is 2.93. The van der Waals surface area contributed by atoms with Gasteiger partial charge in [-0.2, -0.15) is 5.26 Å². The number of thiazole rings is 1. The zero-order chi connectivity index (χ0) is 13.5. The minimum Gasteiger partial charge on any atom is -0.260 e. The average molecular weight is 292 g/mol. The Morgan fingerprint density at radius 2 is 2.26 bits per heavy atom. The van der Waals surface area contributed by atoms with E-state index < -0.39 is 16.6 Å². The average Bonchev–Trinajstić information content (AvgIpc) is 2.85. The van der Waals surface area contributed by atoms with Crippen LogP contribution >= 0.6 is 22.9 Å². The van der Waals surface area contributed by atoms with Crippen molar-refractivity contribution < 1.29 is 4.39 Å². The molecule has 0 bridgehead atoms. The molecule has 2 aromatic rings. The van der Waals surface area contributed by atoms with E-state index in [0.29, 0.717) is 9.71 Å². The summed E-state index contributed by atoms with van der Waals surface area (Å²) in [6, 6.07) is 2.14. The van der Waals surface area contributed by atoms with Crippen molar-refractivity contribution in [3.05, 3.63) is 47.5 Å². The van der Waals surface area contributed by atoms with Crippen LogP contribution in [0.2, 0.25) is 0 Å². The quantitative estimate of drug-likeness (QED) is 0.755. The zero-order valence-corrected chi connectivity index (χ0v) is 11.1. The Bertz CT molecular complexity index is 746. The van der Waals surface area contributed by atoms with Gasteiger partial charge in [0.1, 0.15) is 15.4 Å². The van der Waals surface area contributed by atoms with Crippen molar-refractivity contribution >= 4 is 33.2 Å². The normalized spacial score (nSPS) is 25.6. The summed E-state index contributed by atoms with van der Waals surface area (Å²) in [7, 11) is 0. The smallest absolute Gasteiger partial charge is 0.168 e. The summed E-state index contributed by atoms with van der Waals surface area (Å²) in [5.41, 5.74) is 0.245. The molecule has 0 saturated heterocycles. The molecule has 3 rings (SSSR count). The molecule has 0 spiro atoms. The molecule has 0 N–H and O–H groups in total. The van der Waals surface area contributed by atoms with Crippen LogP contribution in [-0.2, 0) is 4.87 Å². The van der Waals surface area contributed by atoms with Crippen LogP contribution in [0.3, 0.4) is 0 Å². The molecular weight excluding hydrogens is 285 g/mol. The number of halogens is 2. The van der Waals surface area contributed by atoms with Gasteiger partial charge in [0.05, 0.1) is 22.9 Å². The molecule has 2 unspecified atom stereocenters. The summed E-state index contributed by atoms with van der Waals surface area (Å²) in [4.78, 5) is 6.99. The number of pyridine rings is 1. The van der Waals surface area contributed by atoms with Crippen molar-refractivity contribution in [2.24, 2.45) is 5.92 Å². The van der Waals surface area contributed by atoms with Crippen LogP contribution in [0.25, 0.3) is 10.2 Å². The number of allylic oxidation sites excluding steroid dienone is 4. The Hall–Kier alpha value is -1.77. The predicted octanol–water partition coefficient (Wildman–Crippen LogP) is 3.53. The van der Waals surface area contributed by atoms with Crippen LogP contribution in [0.4, 0.5) is 4.39 Å². The molecule has 0 aliphatic heterocycles. The van der Waals surface area contributed by atoms with E-state index in [1.165, 1.54) is 11.3 Å². The van der Waals surface area contributed by atoms with E-state index in [1.807, 2.05) is 0 Å². The lowest BCUT2D eigenvalue weighted by molar-refractivity contribution is 0.622. The summed E-state index contributed by atoms with van der Waals surface area (Å²) in [6.45, 7) is 0. The van der Waals surface area contributed by atoms with Gasteiger partial charge in [-0.25, -0.2) is 9.37 Å². The number of nitriles is 1. The lowest BCUT2D eigenvalue weighted by atomic mass is 9.89. The van der Waals surface area contributed by atoms with Crippen LogP contribution in [-0.4, -0.2) is 9.97 Å². The molecule has 2 aromatic heterocycles. The van der Waals surface area contributed by atoms with Crippen molar-refractivity contribution in [1.82, 2.24) is 9.97 Å². The van der Waals surface area contributed by atoms with E-state index >= 15 is 0 Å². The largest absolute Gasteiger partial charge is 0.260 e. The van der Waals surface area contributed by atoms with Gasteiger partial charge in [0.25, 0.3) is 0 Å². The van der Waals surface area contributed by atoms with Crippen LogP contribution in [0, 0.1) is 23.1 Å². The fourth-order valence-electron chi connectivity index (χ4n) is 1.94. The first-order valence-electron chi connectivity index (χ1n) is 5.50. The van der Waals surface area contributed by atoms with Gasteiger partial charge in [-0.15, -0.1) is 22.9 Å². The molecule has 3 nitrogen and oxygen atoms in total. The molecule has 0 radical (unpaired) electrons. The van der Waals surface area contributed by atoms with Crippen LogP contribution in [0.5, 0.6) is 0 Å². The van der Waals surface area contributed by atoms with Gasteiger partial charge in [0.15, 0.2) is 5.82 Å². The highest BCUT2D eigenvalue weighted by atomic mass is 35.5. The van der Waals surface area contributed by atoms with Gasteiger partial charge in [-0.05, 0) is 0 Å². The number of nitrogens with zero attached hydrogens (tertiary/aromatic N) is 3. The molecule has 0 fully saturated rings. The molecule has 2 heterocycles. The monoisotopic (exact) mass is 291 g/mol. The Labute approximate surface area is 117 Å². The molecule has 19 heavy (non-hydrogen) atoms. The van der Waals surface area contributed by atoms with Gasteiger partial charge < -0.3 is 0 Å². The first-order chi connectivity index (χ1) is 9.15. The van der Waals surface area contributed by atoms with Crippen LogP contribution < -0.4 is 0 Å². The maximum atomic E-state index is 13.6.